The van der Waals surface area contributed by atoms with E-state index in [-0.39, 0.29) is 50.3 Å². The third-order valence-corrected chi connectivity index (χ3v) is 10.1. The second-order valence-corrected chi connectivity index (χ2v) is 13.6. The van der Waals surface area contributed by atoms with Crippen molar-refractivity contribution in [3.05, 3.63) is 58.2 Å². The van der Waals surface area contributed by atoms with Crippen LogP contribution in [-0.4, -0.2) is 80.5 Å². The molecule has 0 radical (unpaired) electrons. The average molecular weight is 726 g/mol. The molecule has 0 aliphatic carbocycles. The van der Waals surface area contributed by atoms with Crippen LogP contribution >= 0.6 is 0 Å². The molecule has 52 heavy (non-hydrogen) atoms. The van der Waals surface area contributed by atoms with Crippen molar-refractivity contribution < 1.29 is 54.2 Å². The number of nitrogens with one attached hydrogen (secondary N) is 1. The summed E-state index contributed by atoms with van der Waals surface area (Å²) < 4.78 is 23.6. The van der Waals surface area contributed by atoms with Crippen LogP contribution in [0.25, 0.3) is 10.8 Å². The second kappa shape index (κ2) is 15.7. The Hall–Kier alpha value is -4.99. The zero-order valence-electron chi connectivity index (χ0n) is 30.6. The van der Waals surface area contributed by atoms with Gasteiger partial charge in [0.25, 0.3) is 11.7 Å². The Morgan fingerprint density at radius 3 is 2.27 bits per heavy atom. The number of amides is 1. The highest BCUT2D eigenvalue weighted by atomic mass is 16.7. The van der Waals surface area contributed by atoms with E-state index in [1.165, 1.54) is 53.2 Å². The number of aliphatic hydroxyl groups is 2. The van der Waals surface area contributed by atoms with Gasteiger partial charge in [0.2, 0.25) is 0 Å². The molecule has 15 heteroatoms. The number of nitrogens with zero attached hydrogens (tertiary/aromatic N) is 2. The number of carbonyl (C=O) groups excluding carboxylic acids is 2. The van der Waals surface area contributed by atoms with Gasteiger partial charge in [0, 0.05) is 61.2 Å². The number of nitroso groups, excluding NO2 is 1. The number of carbonyl (C=O) groups is 2. The molecule has 9 atom stereocenters. The van der Waals surface area contributed by atoms with Gasteiger partial charge in [0.05, 0.1) is 41.2 Å². The lowest BCUT2D eigenvalue weighted by atomic mass is 9.78. The lowest BCUT2D eigenvalue weighted by molar-refractivity contribution is -0.160. The maximum absolute atomic E-state index is 13.2. The molecule has 5 rings (SSSR count). The highest BCUT2D eigenvalue weighted by molar-refractivity contribution is 6.24. The summed E-state index contributed by atoms with van der Waals surface area (Å²) in [6, 6.07) is 1.11. The van der Waals surface area contributed by atoms with E-state index in [2.05, 4.69) is 15.6 Å². The first kappa shape index (κ1) is 39.8. The fourth-order valence-electron chi connectivity index (χ4n) is 6.88. The van der Waals surface area contributed by atoms with Crippen molar-refractivity contribution in [1.82, 2.24) is 0 Å². The summed E-state index contributed by atoms with van der Waals surface area (Å²) >= 11 is 0. The highest BCUT2D eigenvalue weighted by Gasteiger charge is 2.48. The lowest BCUT2D eigenvalue weighted by Crippen LogP contribution is -2.46. The number of ether oxygens (including phenoxy) is 4. The normalized spacial score (nSPS) is 33.1. The Labute approximate surface area is 301 Å². The van der Waals surface area contributed by atoms with Gasteiger partial charge in [-0.3, -0.25) is 9.59 Å². The summed E-state index contributed by atoms with van der Waals surface area (Å²) in [5, 5.41) is 64.3. The number of hydrogen-bond acceptors (Lipinski definition) is 14. The molecule has 5 bridgehead atoms. The van der Waals surface area contributed by atoms with Crippen molar-refractivity contribution in [2.24, 2.45) is 34.0 Å². The zero-order valence-corrected chi connectivity index (χ0v) is 30.6. The van der Waals surface area contributed by atoms with Crippen molar-refractivity contribution in [1.29, 1.82) is 0 Å². The van der Waals surface area contributed by atoms with Gasteiger partial charge in [-0.1, -0.05) is 51.1 Å². The van der Waals surface area contributed by atoms with E-state index < -0.39 is 77.3 Å². The van der Waals surface area contributed by atoms with E-state index in [1.807, 2.05) is 0 Å². The van der Waals surface area contributed by atoms with Crippen molar-refractivity contribution in [3.63, 3.8) is 0 Å². The van der Waals surface area contributed by atoms with Gasteiger partial charge in [0.1, 0.15) is 23.3 Å². The van der Waals surface area contributed by atoms with Gasteiger partial charge in [0.15, 0.2) is 11.5 Å². The van der Waals surface area contributed by atoms with E-state index in [4.69, 9.17) is 18.9 Å². The van der Waals surface area contributed by atoms with Gasteiger partial charge >= 0.3 is 5.97 Å². The number of methoxy groups -OCH3 is 1. The molecule has 0 aromatic heterocycles. The fraction of sp³-hybridized carbons (Fsp3) is 0.486. The van der Waals surface area contributed by atoms with Crippen LogP contribution in [-0.2, 0) is 23.8 Å². The number of allylic oxidation sites excluding steroid dienone is 2. The average Bonchev–Trinajstić information content (AvgIpc) is 3.41. The predicted octanol–water partition coefficient (Wildman–Crippen LogP) is 5.44. The highest BCUT2D eigenvalue weighted by Crippen LogP contribution is 2.54. The maximum atomic E-state index is 13.2. The molecular formula is C37H47N3O12. The monoisotopic (exact) mass is 725 g/mol. The molecule has 0 unspecified atom stereocenters. The lowest BCUT2D eigenvalue weighted by Gasteiger charge is -2.38. The Balaban J connectivity index is 1.93. The largest absolute Gasteiger partial charge is 0.507 e. The molecule has 3 aliphatic heterocycles. The number of rotatable bonds is 3. The Morgan fingerprint density at radius 1 is 1.00 bits per heavy atom. The Kier molecular flexibility index (Phi) is 12.0. The predicted molar refractivity (Wildman–Crippen MR) is 192 cm³/mol. The number of oxime groups is 1. The molecule has 282 valence electrons. The topological polar surface area (TPSA) is 226 Å². The van der Waals surface area contributed by atoms with Crippen molar-refractivity contribution >= 4 is 39.7 Å². The molecule has 1 amide bonds. The van der Waals surface area contributed by atoms with Crippen LogP contribution in [0.3, 0.4) is 0 Å². The summed E-state index contributed by atoms with van der Waals surface area (Å²) in [6.07, 6.45) is 3.60. The van der Waals surface area contributed by atoms with E-state index in [0.717, 1.165) is 6.07 Å². The Bertz CT molecular complexity index is 1850. The summed E-state index contributed by atoms with van der Waals surface area (Å²) in [5.41, 5.74) is -0.523. The summed E-state index contributed by atoms with van der Waals surface area (Å²) in [4.78, 5) is 37.7. The number of fused-ring (bicyclic) bond motifs is 14. The van der Waals surface area contributed by atoms with Crippen LogP contribution < -0.4 is 10.1 Å². The standard InChI is InChI=1S/C37H47N3O12/c1-16-11-10-12-17(2)36(46)38-24-15-23(39-47)26-27(32(24)45)31(44)21(6)34-28(26)35(40-48)37(8,52-34)50-14-13-25(49-9)18(3)33(51-22(7)41)20(5)30(43)19(4)29(16)42/h10-16,18-20,25,29-30,33,42-45,48H,1-9H3,(H,38,46)/b11-10+,14-13+,17-12-,40-35+/t16-,18+,19+,20+,25-,29-,30+,33+,37-/m0/s1. The molecule has 2 aromatic carbocycles. The minimum Gasteiger partial charge on any atom is -0.507 e. The number of anilines is 1. The van der Waals surface area contributed by atoms with Gasteiger partial charge < -0.3 is 49.9 Å². The SMILES string of the molecule is CO[C@H]1/C=C/O[C@@]2(C)Oc3c(C)c(O)c4c(O)c(cc(N=O)c4c3/C2=N\O)NC(=O)/C(C)=C\C=C\[C@H](C)[C@H](O)[C@@H](C)[C@@H](O)[C@@H](C)[C@H](OC(C)=O)[C@@H]1C. The quantitative estimate of drug-likeness (QED) is 0.0765. The first-order chi connectivity index (χ1) is 24.4. The molecular weight excluding hydrogens is 678 g/mol. The minimum absolute atomic E-state index is 0.00182. The first-order valence-corrected chi connectivity index (χ1v) is 16.8. The molecule has 3 aliphatic rings. The number of phenolic OH excluding ortho intramolecular Hbond substituents is 2. The molecule has 0 spiro atoms. The molecule has 0 fully saturated rings. The number of phenols is 2. The van der Waals surface area contributed by atoms with Crippen molar-refractivity contribution in [2.75, 3.05) is 12.4 Å². The zero-order chi connectivity index (χ0) is 38.8. The van der Waals surface area contributed by atoms with Gasteiger partial charge in [-0.2, -0.15) is 0 Å². The third-order valence-electron chi connectivity index (χ3n) is 10.1. The number of esters is 1. The molecule has 15 nitrogen and oxygen atoms in total. The first-order valence-electron chi connectivity index (χ1n) is 16.8. The minimum atomic E-state index is -1.87. The molecule has 3 heterocycles. The van der Waals surface area contributed by atoms with E-state index in [9.17, 15) is 40.1 Å². The number of aromatic hydroxyl groups is 2. The molecule has 2 aromatic rings. The van der Waals surface area contributed by atoms with E-state index in [1.54, 1.807) is 39.8 Å². The summed E-state index contributed by atoms with van der Waals surface area (Å²) in [5.74, 6) is -6.66. The fourth-order valence-corrected chi connectivity index (χ4v) is 6.88. The smallest absolute Gasteiger partial charge is 0.302 e. The van der Waals surface area contributed by atoms with Gasteiger partial charge in [-0.15, -0.1) is 4.91 Å². The van der Waals surface area contributed by atoms with Crippen LogP contribution in [0.15, 0.2) is 52.5 Å². The van der Waals surface area contributed by atoms with Gasteiger partial charge in [-0.25, -0.2) is 0 Å². The molecule has 6 N–H and O–H groups in total. The van der Waals surface area contributed by atoms with E-state index in [0.29, 0.717) is 0 Å². The summed E-state index contributed by atoms with van der Waals surface area (Å²) in [6.45, 7) is 12.5. The van der Waals surface area contributed by atoms with Crippen LogP contribution in [0.2, 0.25) is 0 Å². The molecule has 0 saturated carbocycles. The number of aliphatic hydroxyl groups excluding tert-OH is 2. The second-order valence-electron chi connectivity index (χ2n) is 13.6. The van der Waals surface area contributed by atoms with Crippen LogP contribution in [0.1, 0.15) is 59.6 Å². The van der Waals surface area contributed by atoms with Crippen LogP contribution in [0.4, 0.5) is 11.4 Å². The van der Waals surface area contributed by atoms with Crippen molar-refractivity contribution in [2.45, 2.75) is 85.6 Å². The summed E-state index contributed by atoms with van der Waals surface area (Å²) in [7, 11) is 1.43. The van der Waals surface area contributed by atoms with Crippen molar-refractivity contribution in [3.8, 4) is 17.2 Å². The number of hydrogen-bond donors (Lipinski definition) is 6. The maximum Gasteiger partial charge on any atom is 0.302 e. The van der Waals surface area contributed by atoms with Crippen LogP contribution in [0, 0.1) is 35.5 Å². The third kappa shape index (κ3) is 7.34. The number of benzene rings is 2. The van der Waals surface area contributed by atoms with Crippen LogP contribution in [0.5, 0.6) is 17.2 Å². The Morgan fingerprint density at radius 2 is 1.67 bits per heavy atom. The van der Waals surface area contributed by atoms with E-state index >= 15 is 0 Å². The van der Waals surface area contributed by atoms with Gasteiger partial charge in [-0.05, 0) is 31.2 Å². The molecule has 0 saturated heterocycles.